The quantitative estimate of drug-likeness (QED) is 0.890. The Morgan fingerprint density at radius 2 is 2.00 bits per heavy atom. The maximum atomic E-state index is 5.54. The van der Waals surface area contributed by atoms with Crippen LogP contribution in [0.15, 0.2) is 18.2 Å². The molecule has 1 aliphatic heterocycles. The van der Waals surface area contributed by atoms with Gasteiger partial charge < -0.3 is 14.8 Å². The molecule has 1 unspecified atom stereocenters. The van der Waals surface area contributed by atoms with Crippen LogP contribution in [-0.4, -0.2) is 20.8 Å². The van der Waals surface area contributed by atoms with E-state index in [1.165, 1.54) is 12.0 Å². The van der Waals surface area contributed by atoms with Gasteiger partial charge in [-0.3, -0.25) is 0 Å². The van der Waals surface area contributed by atoms with Crippen LogP contribution in [0, 0.1) is 5.92 Å². The highest BCUT2D eigenvalue weighted by Crippen LogP contribution is 2.43. The van der Waals surface area contributed by atoms with Gasteiger partial charge >= 0.3 is 0 Å². The Morgan fingerprint density at radius 3 is 2.50 bits per heavy atom. The van der Waals surface area contributed by atoms with Crippen molar-refractivity contribution >= 4 is 0 Å². The molecule has 100 valence electrons. The molecule has 0 amide bonds. The minimum atomic E-state index is 0.0138. The van der Waals surface area contributed by atoms with Gasteiger partial charge in [0.05, 0.1) is 14.2 Å². The molecule has 0 aliphatic carbocycles. The van der Waals surface area contributed by atoms with Gasteiger partial charge in [-0.05, 0) is 43.5 Å². The number of ether oxygens (including phenoxy) is 2. The summed E-state index contributed by atoms with van der Waals surface area (Å²) in [6, 6.07) is 6.06. The number of benzene rings is 1. The standard InChI is InChI=1S/C15H23NO2/c1-11(2)15(8-5-9-16-15)13-10-12(17-3)6-7-14(13)18-4/h6-7,10-11,16H,5,8-9H2,1-4H3. The fourth-order valence-corrected chi connectivity index (χ4v) is 2.96. The van der Waals surface area contributed by atoms with Crippen molar-refractivity contribution in [2.24, 2.45) is 5.92 Å². The fraction of sp³-hybridized carbons (Fsp3) is 0.600. The van der Waals surface area contributed by atoms with Crippen LogP contribution >= 0.6 is 0 Å². The van der Waals surface area contributed by atoms with E-state index in [1.54, 1.807) is 14.2 Å². The summed E-state index contributed by atoms with van der Waals surface area (Å²) in [5.41, 5.74) is 1.23. The van der Waals surface area contributed by atoms with E-state index in [0.29, 0.717) is 5.92 Å². The molecule has 1 N–H and O–H groups in total. The third-order valence-corrected chi connectivity index (χ3v) is 4.06. The third-order valence-electron chi connectivity index (χ3n) is 4.06. The topological polar surface area (TPSA) is 30.5 Å². The van der Waals surface area contributed by atoms with Gasteiger partial charge in [-0.1, -0.05) is 13.8 Å². The molecule has 1 heterocycles. The molecule has 1 saturated heterocycles. The predicted molar refractivity (Wildman–Crippen MR) is 73.3 cm³/mol. The van der Waals surface area contributed by atoms with Gasteiger partial charge in [-0.15, -0.1) is 0 Å². The molecule has 1 fully saturated rings. The SMILES string of the molecule is COc1ccc(OC)c(C2(C(C)C)CCCN2)c1. The summed E-state index contributed by atoms with van der Waals surface area (Å²) in [7, 11) is 3.43. The largest absolute Gasteiger partial charge is 0.497 e. The summed E-state index contributed by atoms with van der Waals surface area (Å²) in [5.74, 6) is 2.35. The van der Waals surface area contributed by atoms with Crippen molar-refractivity contribution in [3.63, 3.8) is 0 Å². The zero-order valence-corrected chi connectivity index (χ0v) is 11.7. The highest BCUT2D eigenvalue weighted by Gasteiger charge is 2.40. The molecular weight excluding hydrogens is 226 g/mol. The van der Waals surface area contributed by atoms with Crippen LogP contribution in [0.1, 0.15) is 32.3 Å². The van der Waals surface area contributed by atoms with Crippen molar-refractivity contribution < 1.29 is 9.47 Å². The second-order valence-corrected chi connectivity index (χ2v) is 5.22. The molecule has 0 spiro atoms. The Bertz CT molecular complexity index is 409. The van der Waals surface area contributed by atoms with Crippen LogP contribution in [0.3, 0.4) is 0 Å². The average Bonchev–Trinajstić information content (AvgIpc) is 2.88. The van der Waals surface area contributed by atoms with E-state index >= 15 is 0 Å². The highest BCUT2D eigenvalue weighted by molar-refractivity contribution is 5.45. The molecule has 1 atom stereocenters. The van der Waals surface area contributed by atoms with Crippen molar-refractivity contribution in [1.82, 2.24) is 5.32 Å². The second-order valence-electron chi connectivity index (χ2n) is 5.22. The molecule has 0 saturated carbocycles. The Hall–Kier alpha value is -1.22. The summed E-state index contributed by atoms with van der Waals surface area (Å²) in [6.45, 7) is 5.59. The van der Waals surface area contributed by atoms with E-state index in [4.69, 9.17) is 9.47 Å². The maximum Gasteiger partial charge on any atom is 0.124 e. The zero-order chi connectivity index (χ0) is 13.2. The first-order chi connectivity index (χ1) is 8.64. The number of nitrogens with one attached hydrogen (secondary N) is 1. The Balaban J connectivity index is 2.52. The fourth-order valence-electron chi connectivity index (χ4n) is 2.96. The first kappa shape index (κ1) is 13.2. The van der Waals surface area contributed by atoms with Gasteiger partial charge in [0, 0.05) is 11.1 Å². The van der Waals surface area contributed by atoms with Crippen LogP contribution in [0.4, 0.5) is 0 Å². The average molecular weight is 249 g/mol. The molecule has 3 heteroatoms. The van der Waals surface area contributed by atoms with Gasteiger partial charge in [0.15, 0.2) is 0 Å². The van der Waals surface area contributed by atoms with Gasteiger partial charge in [-0.2, -0.15) is 0 Å². The lowest BCUT2D eigenvalue weighted by molar-refractivity contribution is 0.263. The van der Waals surface area contributed by atoms with Crippen molar-refractivity contribution in [3.05, 3.63) is 23.8 Å². The van der Waals surface area contributed by atoms with Crippen molar-refractivity contribution in [2.45, 2.75) is 32.2 Å². The first-order valence-electron chi connectivity index (χ1n) is 6.61. The van der Waals surface area contributed by atoms with E-state index in [-0.39, 0.29) is 5.54 Å². The monoisotopic (exact) mass is 249 g/mol. The molecule has 18 heavy (non-hydrogen) atoms. The Kier molecular flexibility index (Phi) is 3.81. The first-order valence-corrected chi connectivity index (χ1v) is 6.61. The smallest absolute Gasteiger partial charge is 0.124 e. The van der Waals surface area contributed by atoms with Gasteiger partial charge in [-0.25, -0.2) is 0 Å². The zero-order valence-electron chi connectivity index (χ0n) is 11.7. The molecule has 1 aromatic rings. The molecular formula is C15H23NO2. The third kappa shape index (κ3) is 2.07. The van der Waals surface area contributed by atoms with Crippen LogP contribution in [0.25, 0.3) is 0 Å². The number of hydrogen-bond donors (Lipinski definition) is 1. The second kappa shape index (κ2) is 5.19. The van der Waals surface area contributed by atoms with E-state index < -0.39 is 0 Å². The molecule has 2 rings (SSSR count). The van der Waals surface area contributed by atoms with Crippen LogP contribution in [-0.2, 0) is 5.54 Å². The molecule has 0 bridgehead atoms. The maximum absolute atomic E-state index is 5.54. The van der Waals surface area contributed by atoms with Gasteiger partial charge in [0.1, 0.15) is 11.5 Å². The van der Waals surface area contributed by atoms with Crippen LogP contribution < -0.4 is 14.8 Å². The Labute approximate surface area is 109 Å². The molecule has 0 aromatic heterocycles. The lowest BCUT2D eigenvalue weighted by Gasteiger charge is -2.35. The van der Waals surface area contributed by atoms with E-state index in [0.717, 1.165) is 24.5 Å². The summed E-state index contributed by atoms with van der Waals surface area (Å²) in [6.07, 6.45) is 2.35. The number of rotatable bonds is 4. The van der Waals surface area contributed by atoms with Crippen molar-refractivity contribution in [3.8, 4) is 11.5 Å². The predicted octanol–water partition coefficient (Wildman–Crippen LogP) is 2.94. The number of methoxy groups -OCH3 is 2. The summed E-state index contributed by atoms with van der Waals surface area (Å²) in [5, 5.41) is 3.68. The molecule has 1 aliphatic rings. The minimum absolute atomic E-state index is 0.0138. The minimum Gasteiger partial charge on any atom is -0.497 e. The highest BCUT2D eigenvalue weighted by atomic mass is 16.5. The van der Waals surface area contributed by atoms with Gasteiger partial charge in [0.2, 0.25) is 0 Å². The van der Waals surface area contributed by atoms with Gasteiger partial charge in [0.25, 0.3) is 0 Å². The molecule has 1 aromatic carbocycles. The van der Waals surface area contributed by atoms with Crippen LogP contribution in [0.5, 0.6) is 11.5 Å². The van der Waals surface area contributed by atoms with Crippen molar-refractivity contribution in [2.75, 3.05) is 20.8 Å². The molecule has 0 radical (unpaired) electrons. The van der Waals surface area contributed by atoms with Crippen LogP contribution in [0.2, 0.25) is 0 Å². The lowest BCUT2D eigenvalue weighted by atomic mass is 9.78. The van der Waals surface area contributed by atoms with E-state index in [9.17, 15) is 0 Å². The van der Waals surface area contributed by atoms with E-state index in [2.05, 4.69) is 25.2 Å². The summed E-state index contributed by atoms with van der Waals surface area (Å²) < 4.78 is 10.9. The summed E-state index contributed by atoms with van der Waals surface area (Å²) in [4.78, 5) is 0. The lowest BCUT2D eigenvalue weighted by Crippen LogP contribution is -2.42. The van der Waals surface area contributed by atoms with E-state index in [1.807, 2.05) is 12.1 Å². The normalized spacial score (nSPS) is 23.4. The number of hydrogen-bond acceptors (Lipinski definition) is 3. The summed E-state index contributed by atoms with van der Waals surface area (Å²) >= 11 is 0. The van der Waals surface area contributed by atoms with Crippen molar-refractivity contribution in [1.29, 1.82) is 0 Å². The Morgan fingerprint density at radius 1 is 1.22 bits per heavy atom. The molecule has 3 nitrogen and oxygen atoms in total.